The number of hydrogen-bond donors (Lipinski definition) is 2. The van der Waals surface area contributed by atoms with Gasteiger partial charge in [0, 0.05) is 17.7 Å². The summed E-state index contributed by atoms with van der Waals surface area (Å²) < 4.78 is 23.2. The molecule has 0 atom stereocenters. The van der Waals surface area contributed by atoms with Gasteiger partial charge < -0.3 is 10.6 Å². The Balaban J connectivity index is 2.17. The number of benzene rings is 1. The van der Waals surface area contributed by atoms with E-state index in [4.69, 9.17) is 0 Å². The quantitative estimate of drug-likeness (QED) is 0.782. The molecule has 5 nitrogen and oxygen atoms in total. The Labute approximate surface area is 142 Å². The SMILES string of the molecule is CSc1cc(C)ccc1CNC(=O)C1(S(C)(=O)=O)CCNCC1. The van der Waals surface area contributed by atoms with Crippen molar-refractivity contribution in [3.63, 3.8) is 0 Å². The Kier molecular flexibility index (Phi) is 5.75. The minimum absolute atomic E-state index is 0.320. The summed E-state index contributed by atoms with van der Waals surface area (Å²) in [7, 11) is -3.47. The van der Waals surface area contributed by atoms with E-state index in [9.17, 15) is 13.2 Å². The van der Waals surface area contributed by atoms with Crippen molar-refractivity contribution < 1.29 is 13.2 Å². The Bertz CT molecular complexity index is 681. The van der Waals surface area contributed by atoms with Crippen LogP contribution in [-0.2, 0) is 21.2 Å². The number of thioether (sulfide) groups is 1. The molecule has 128 valence electrons. The van der Waals surface area contributed by atoms with Gasteiger partial charge >= 0.3 is 0 Å². The van der Waals surface area contributed by atoms with Crippen LogP contribution in [0.2, 0.25) is 0 Å². The van der Waals surface area contributed by atoms with E-state index in [0.29, 0.717) is 32.5 Å². The second kappa shape index (κ2) is 7.23. The minimum Gasteiger partial charge on any atom is -0.351 e. The van der Waals surface area contributed by atoms with Crippen LogP contribution >= 0.6 is 11.8 Å². The first-order valence-electron chi connectivity index (χ1n) is 7.62. The van der Waals surface area contributed by atoms with Crippen LogP contribution in [0.25, 0.3) is 0 Å². The molecule has 7 heteroatoms. The van der Waals surface area contributed by atoms with Crippen molar-refractivity contribution in [2.24, 2.45) is 0 Å². The number of hydrogen-bond acceptors (Lipinski definition) is 5. The summed E-state index contributed by atoms with van der Waals surface area (Å²) in [4.78, 5) is 13.8. The summed E-state index contributed by atoms with van der Waals surface area (Å²) in [6.07, 6.45) is 3.80. The molecule has 1 amide bonds. The first kappa shape index (κ1) is 18.3. The average molecular weight is 357 g/mol. The molecule has 0 aromatic heterocycles. The third-order valence-corrected chi connectivity index (χ3v) is 7.25. The molecule has 1 aromatic carbocycles. The predicted molar refractivity (Wildman–Crippen MR) is 94.5 cm³/mol. The number of rotatable bonds is 5. The van der Waals surface area contributed by atoms with Crippen LogP contribution in [0.3, 0.4) is 0 Å². The number of piperidine rings is 1. The van der Waals surface area contributed by atoms with Crippen molar-refractivity contribution in [2.45, 2.75) is 36.0 Å². The normalized spacial score (nSPS) is 17.7. The number of nitrogens with one attached hydrogen (secondary N) is 2. The van der Waals surface area contributed by atoms with Gasteiger partial charge in [-0.2, -0.15) is 0 Å². The van der Waals surface area contributed by atoms with Crippen molar-refractivity contribution in [1.82, 2.24) is 10.6 Å². The van der Waals surface area contributed by atoms with Crippen LogP contribution < -0.4 is 10.6 Å². The van der Waals surface area contributed by atoms with Gasteiger partial charge in [0.15, 0.2) is 14.6 Å². The third kappa shape index (κ3) is 3.89. The van der Waals surface area contributed by atoms with Crippen molar-refractivity contribution in [2.75, 3.05) is 25.6 Å². The number of carbonyl (C=O) groups is 1. The lowest BCUT2D eigenvalue weighted by molar-refractivity contribution is -0.124. The Morgan fingerprint density at radius 1 is 1.35 bits per heavy atom. The molecule has 0 bridgehead atoms. The van der Waals surface area contributed by atoms with Crippen LogP contribution in [0.15, 0.2) is 23.1 Å². The van der Waals surface area contributed by atoms with Gasteiger partial charge in [0.2, 0.25) is 5.91 Å². The van der Waals surface area contributed by atoms with E-state index in [1.165, 1.54) is 0 Å². The fourth-order valence-electron chi connectivity index (χ4n) is 2.93. The Morgan fingerprint density at radius 2 is 2.00 bits per heavy atom. The fourth-order valence-corrected chi connectivity index (χ4v) is 4.99. The molecule has 1 aliphatic heterocycles. The summed E-state index contributed by atoms with van der Waals surface area (Å²) in [5.41, 5.74) is 2.17. The van der Waals surface area contributed by atoms with Gasteiger partial charge in [-0.3, -0.25) is 4.79 Å². The lowest BCUT2D eigenvalue weighted by atomic mass is 9.95. The zero-order valence-corrected chi connectivity index (χ0v) is 15.4. The van der Waals surface area contributed by atoms with Gasteiger partial charge in [-0.25, -0.2) is 8.42 Å². The minimum atomic E-state index is -3.47. The van der Waals surface area contributed by atoms with Crippen LogP contribution in [0.4, 0.5) is 0 Å². The topological polar surface area (TPSA) is 75.3 Å². The molecule has 0 spiro atoms. The molecule has 2 rings (SSSR count). The second-order valence-electron chi connectivity index (χ2n) is 6.01. The maximum absolute atomic E-state index is 12.7. The van der Waals surface area contributed by atoms with Crippen LogP contribution in [0, 0.1) is 6.92 Å². The number of sulfone groups is 1. The molecular formula is C16H24N2O3S2. The van der Waals surface area contributed by atoms with E-state index in [1.54, 1.807) is 11.8 Å². The Hall–Kier alpha value is -1.05. The molecule has 1 fully saturated rings. The predicted octanol–water partition coefficient (Wildman–Crippen LogP) is 1.50. The summed E-state index contributed by atoms with van der Waals surface area (Å²) in [6, 6.07) is 6.05. The highest BCUT2D eigenvalue weighted by atomic mass is 32.2. The second-order valence-corrected chi connectivity index (χ2v) is 9.19. The van der Waals surface area contributed by atoms with Gasteiger partial charge in [-0.1, -0.05) is 12.1 Å². The highest BCUT2D eigenvalue weighted by Crippen LogP contribution is 2.28. The maximum Gasteiger partial charge on any atom is 0.241 e. The van der Waals surface area contributed by atoms with Crippen molar-refractivity contribution in [3.8, 4) is 0 Å². The highest BCUT2D eigenvalue weighted by molar-refractivity contribution is 7.98. The summed E-state index contributed by atoms with van der Waals surface area (Å²) >= 11 is 1.62. The largest absolute Gasteiger partial charge is 0.351 e. The smallest absolute Gasteiger partial charge is 0.241 e. The molecule has 1 aromatic rings. The average Bonchev–Trinajstić information content (AvgIpc) is 2.52. The van der Waals surface area contributed by atoms with Gasteiger partial charge in [-0.05, 0) is 56.3 Å². The summed E-state index contributed by atoms with van der Waals surface area (Å²) in [6.45, 7) is 3.46. The maximum atomic E-state index is 12.7. The molecule has 23 heavy (non-hydrogen) atoms. The molecule has 1 heterocycles. The van der Waals surface area contributed by atoms with Crippen LogP contribution in [-0.4, -0.2) is 44.7 Å². The lowest BCUT2D eigenvalue weighted by Crippen LogP contribution is -2.57. The lowest BCUT2D eigenvalue weighted by Gasteiger charge is -2.34. The standard InChI is InChI=1S/C16H24N2O3S2/c1-12-4-5-13(14(10-12)22-2)11-18-15(19)16(23(3,20)21)6-8-17-9-7-16/h4-5,10,17H,6-9,11H2,1-3H3,(H,18,19). The molecular weight excluding hydrogens is 332 g/mol. The number of aryl methyl sites for hydroxylation is 1. The summed E-state index contributed by atoms with van der Waals surface area (Å²) in [5, 5.41) is 5.97. The van der Waals surface area contributed by atoms with Crippen molar-refractivity contribution in [3.05, 3.63) is 29.3 Å². The van der Waals surface area contributed by atoms with Crippen molar-refractivity contribution >= 4 is 27.5 Å². The molecule has 2 N–H and O–H groups in total. The first-order chi connectivity index (χ1) is 10.8. The van der Waals surface area contributed by atoms with E-state index >= 15 is 0 Å². The Morgan fingerprint density at radius 3 is 2.57 bits per heavy atom. The van der Waals surface area contributed by atoms with E-state index in [-0.39, 0.29) is 5.91 Å². The van der Waals surface area contributed by atoms with E-state index in [2.05, 4.69) is 16.7 Å². The van der Waals surface area contributed by atoms with Crippen LogP contribution in [0.5, 0.6) is 0 Å². The monoisotopic (exact) mass is 356 g/mol. The summed E-state index contributed by atoms with van der Waals surface area (Å²) in [5.74, 6) is -0.380. The molecule has 0 radical (unpaired) electrons. The molecule has 0 unspecified atom stereocenters. The van der Waals surface area contributed by atoms with Gasteiger partial charge in [-0.15, -0.1) is 11.8 Å². The molecule has 0 saturated carbocycles. The third-order valence-electron chi connectivity index (χ3n) is 4.42. The van der Waals surface area contributed by atoms with E-state index < -0.39 is 14.6 Å². The fraction of sp³-hybridized carbons (Fsp3) is 0.562. The van der Waals surface area contributed by atoms with E-state index in [0.717, 1.165) is 22.3 Å². The van der Waals surface area contributed by atoms with Crippen LogP contribution in [0.1, 0.15) is 24.0 Å². The number of carbonyl (C=O) groups excluding carboxylic acids is 1. The first-order valence-corrected chi connectivity index (χ1v) is 10.7. The van der Waals surface area contributed by atoms with Crippen molar-refractivity contribution in [1.29, 1.82) is 0 Å². The zero-order chi connectivity index (χ0) is 17.1. The molecule has 0 aliphatic carbocycles. The molecule has 1 aliphatic rings. The van der Waals surface area contributed by atoms with E-state index in [1.807, 2.05) is 25.3 Å². The van der Waals surface area contributed by atoms with Gasteiger partial charge in [0.25, 0.3) is 0 Å². The zero-order valence-electron chi connectivity index (χ0n) is 13.8. The van der Waals surface area contributed by atoms with Gasteiger partial charge in [0.05, 0.1) is 0 Å². The van der Waals surface area contributed by atoms with Gasteiger partial charge in [0.1, 0.15) is 0 Å². The number of amides is 1. The molecule has 1 saturated heterocycles. The highest BCUT2D eigenvalue weighted by Gasteiger charge is 2.48.